The van der Waals surface area contributed by atoms with Crippen molar-refractivity contribution >= 4 is 27.9 Å². The molecule has 2 heterocycles. The molecule has 0 atom stereocenters. The van der Waals surface area contributed by atoms with Crippen molar-refractivity contribution in [1.29, 1.82) is 0 Å². The van der Waals surface area contributed by atoms with Gasteiger partial charge in [0.05, 0.1) is 10.9 Å². The van der Waals surface area contributed by atoms with Crippen LogP contribution in [0.3, 0.4) is 0 Å². The molecule has 2 aromatic heterocycles. The minimum atomic E-state index is -1.29. The minimum absolute atomic E-state index is 0.134. The Kier molecular flexibility index (Phi) is 2.09. The number of carboxylic acids is 1. The zero-order chi connectivity index (χ0) is 12.7. The van der Waals surface area contributed by atoms with Crippen LogP contribution < -0.4 is 5.56 Å². The second kappa shape index (κ2) is 3.63. The van der Waals surface area contributed by atoms with Crippen molar-refractivity contribution in [2.45, 2.75) is 0 Å². The summed E-state index contributed by atoms with van der Waals surface area (Å²) in [6.45, 7) is 0. The molecule has 3 aromatic rings. The fourth-order valence-corrected chi connectivity index (χ4v) is 1.77. The van der Waals surface area contributed by atoms with E-state index in [2.05, 4.69) is 15.0 Å². The third-order valence-corrected chi connectivity index (χ3v) is 2.60. The molecular formula is C12H7N3O3. The third-order valence-electron chi connectivity index (χ3n) is 2.60. The van der Waals surface area contributed by atoms with Crippen molar-refractivity contribution in [2.75, 3.05) is 0 Å². The van der Waals surface area contributed by atoms with Gasteiger partial charge in [-0.2, -0.15) is 0 Å². The number of para-hydroxylation sites is 1. The summed E-state index contributed by atoms with van der Waals surface area (Å²) < 4.78 is 0. The van der Waals surface area contributed by atoms with Crippen LogP contribution >= 0.6 is 0 Å². The van der Waals surface area contributed by atoms with Gasteiger partial charge in [0.25, 0.3) is 5.56 Å². The van der Waals surface area contributed by atoms with Crippen molar-refractivity contribution in [2.24, 2.45) is 0 Å². The Balaban J connectivity index is 2.46. The van der Waals surface area contributed by atoms with E-state index >= 15 is 0 Å². The Morgan fingerprint density at radius 1 is 1.22 bits per heavy atom. The number of aromatic nitrogens is 3. The second-order valence-electron chi connectivity index (χ2n) is 3.77. The van der Waals surface area contributed by atoms with E-state index in [1.165, 1.54) is 0 Å². The highest BCUT2D eigenvalue weighted by Crippen LogP contribution is 2.15. The predicted molar refractivity (Wildman–Crippen MR) is 64.6 cm³/mol. The van der Waals surface area contributed by atoms with Gasteiger partial charge in [0.2, 0.25) is 5.82 Å². The molecule has 0 saturated heterocycles. The lowest BCUT2D eigenvalue weighted by Gasteiger charge is -2.01. The van der Waals surface area contributed by atoms with E-state index in [4.69, 9.17) is 5.11 Å². The largest absolute Gasteiger partial charge is 0.475 e. The summed E-state index contributed by atoms with van der Waals surface area (Å²) in [5.41, 5.74) is 0.296. The summed E-state index contributed by atoms with van der Waals surface area (Å²) in [6.07, 6.45) is 0. The predicted octanol–water partition coefficient (Wildman–Crippen LogP) is 1.17. The number of benzene rings is 1. The van der Waals surface area contributed by atoms with Gasteiger partial charge in [0.15, 0.2) is 5.65 Å². The molecule has 2 N–H and O–H groups in total. The number of hydrogen-bond acceptors (Lipinski definition) is 4. The number of hydrogen-bond donors (Lipinski definition) is 2. The summed E-state index contributed by atoms with van der Waals surface area (Å²) in [4.78, 5) is 32.8. The molecule has 0 unspecified atom stereocenters. The van der Waals surface area contributed by atoms with E-state index in [9.17, 15) is 9.59 Å². The molecule has 0 radical (unpaired) electrons. The van der Waals surface area contributed by atoms with Gasteiger partial charge in [-0.15, -0.1) is 0 Å². The van der Waals surface area contributed by atoms with Gasteiger partial charge in [-0.25, -0.2) is 14.8 Å². The number of fused-ring (bicyclic) bond motifs is 2. The van der Waals surface area contributed by atoms with E-state index in [1.54, 1.807) is 12.1 Å². The van der Waals surface area contributed by atoms with E-state index in [-0.39, 0.29) is 11.0 Å². The molecular weight excluding hydrogens is 234 g/mol. The lowest BCUT2D eigenvalue weighted by atomic mass is 10.2. The highest BCUT2D eigenvalue weighted by atomic mass is 16.4. The van der Waals surface area contributed by atoms with Crippen LogP contribution in [0.2, 0.25) is 0 Å². The second-order valence-corrected chi connectivity index (χ2v) is 3.77. The maximum absolute atomic E-state index is 11.7. The van der Waals surface area contributed by atoms with Gasteiger partial charge in [-0.05, 0) is 12.1 Å². The maximum Gasteiger partial charge on any atom is 0.372 e. The van der Waals surface area contributed by atoms with Crippen molar-refractivity contribution in [3.05, 3.63) is 46.5 Å². The molecule has 0 bridgehead atoms. The van der Waals surface area contributed by atoms with Gasteiger partial charge in [-0.3, -0.25) is 4.79 Å². The number of rotatable bonds is 1. The van der Waals surface area contributed by atoms with E-state index in [0.29, 0.717) is 5.52 Å². The van der Waals surface area contributed by atoms with Crippen molar-refractivity contribution in [1.82, 2.24) is 15.0 Å². The summed E-state index contributed by atoms with van der Waals surface area (Å²) in [5.74, 6) is -1.70. The molecule has 1 aromatic carbocycles. The van der Waals surface area contributed by atoms with Crippen molar-refractivity contribution < 1.29 is 9.90 Å². The molecule has 0 amide bonds. The molecule has 0 fully saturated rings. The summed E-state index contributed by atoms with van der Waals surface area (Å²) in [7, 11) is 0. The van der Waals surface area contributed by atoms with E-state index in [1.807, 2.05) is 18.2 Å². The lowest BCUT2D eigenvalue weighted by Crippen LogP contribution is -2.16. The fraction of sp³-hybridized carbons (Fsp3) is 0. The van der Waals surface area contributed by atoms with Crippen LogP contribution in [0.4, 0.5) is 0 Å². The average Bonchev–Trinajstić information content (AvgIpc) is 2.36. The quantitative estimate of drug-likeness (QED) is 0.623. The number of carboxylic acid groups (broad SMARTS) is 1. The summed E-state index contributed by atoms with van der Waals surface area (Å²) in [6, 6.07) is 8.90. The highest BCUT2D eigenvalue weighted by molar-refractivity contribution is 5.92. The van der Waals surface area contributed by atoms with Crippen LogP contribution in [-0.2, 0) is 0 Å². The first kappa shape index (κ1) is 10.4. The van der Waals surface area contributed by atoms with Crippen LogP contribution in [0.25, 0.3) is 21.9 Å². The molecule has 6 heteroatoms. The Bertz CT molecular complexity index is 839. The molecule has 0 saturated carbocycles. The minimum Gasteiger partial charge on any atom is -0.475 e. The van der Waals surface area contributed by atoms with Gasteiger partial charge in [-0.1, -0.05) is 18.2 Å². The number of nitrogens with zero attached hydrogens (tertiary/aromatic N) is 2. The fourth-order valence-electron chi connectivity index (χ4n) is 1.77. The number of pyridine rings is 1. The SMILES string of the molecule is O=C(O)c1nc2nc3ccccc3cc2c(=O)[nH]1. The van der Waals surface area contributed by atoms with Crippen LogP contribution in [0, 0.1) is 0 Å². The van der Waals surface area contributed by atoms with Crippen LogP contribution in [0.5, 0.6) is 0 Å². The molecule has 18 heavy (non-hydrogen) atoms. The normalized spacial score (nSPS) is 10.9. The van der Waals surface area contributed by atoms with E-state index < -0.39 is 17.4 Å². The Hall–Kier alpha value is -2.76. The maximum atomic E-state index is 11.7. The Morgan fingerprint density at radius 2 is 2.00 bits per heavy atom. The molecule has 0 aliphatic heterocycles. The van der Waals surface area contributed by atoms with Crippen molar-refractivity contribution in [3.63, 3.8) is 0 Å². The molecule has 0 spiro atoms. The topological polar surface area (TPSA) is 95.9 Å². The smallest absolute Gasteiger partial charge is 0.372 e. The van der Waals surface area contributed by atoms with Gasteiger partial charge in [0, 0.05) is 5.39 Å². The monoisotopic (exact) mass is 241 g/mol. The lowest BCUT2D eigenvalue weighted by molar-refractivity contribution is 0.0683. The van der Waals surface area contributed by atoms with Gasteiger partial charge in [0.1, 0.15) is 0 Å². The molecule has 3 rings (SSSR count). The molecule has 0 aliphatic rings. The highest BCUT2D eigenvalue weighted by Gasteiger charge is 2.11. The standard InChI is InChI=1S/C12H7N3O3/c16-11-7-5-6-3-1-2-4-8(6)13-9(7)14-10(15-11)12(17)18/h1-5H,(H,17,18)(H,13,14,15,16). The number of aromatic amines is 1. The summed E-state index contributed by atoms with van der Waals surface area (Å²) >= 11 is 0. The molecule has 0 aliphatic carbocycles. The number of nitrogens with one attached hydrogen (secondary N) is 1. The average molecular weight is 241 g/mol. The first-order chi connectivity index (χ1) is 8.65. The number of aromatic carboxylic acids is 1. The van der Waals surface area contributed by atoms with Crippen molar-refractivity contribution in [3.8, 4) is 0 Å². The van der Waals surface area contributed by atoms with Crippen LogP contribution in [0.1, 0.15) is 10.6 Å². The van der Waals surface area contributed by atoms with E-state index in [0.717, 1.165) is 5.39 Å². The molecule has 6 nitrogen and oxygen atoms in total. The zero-order valence-corrected chi connectivity index (χ0v) is 9.04. The Labute approximate surface area is 99.9 Å². The van der Waals surface area contributed by atoms with Gasteiger partial charge >= 0.3 is 5.97 Å². The Morgan fingerprint density at radius 3 is 2.78 bits per heavy atom. The van der Waals surface area contributed by atoms with Crippen LogP contribution in [0.15, 0.2) is 35.1 Å². The van der Waals surface area contributed by atoms with Crippen LogP contribution in [-0.4, -0.2) is 26.0 Å². The molecule has 88 valence electrons. The van der Waals surface area contributed by atoms with Gasteiger partial charge < -0.3 is 10.1 Å². The number of H-pyrrole nitrogens is 1. The first-order valence-corrected chi connectivity index (χ1v) is 5.18. The third kappa shape index (κ3) is 1.51. The first-order valence-electron chi connectivity index (χ1n) is 5.18. The number of carbonyl (C=O) groups is 1. The summed E-state index contributed by atoms with van der Waals surface area (Å²) in [5, 5.41) is 9.90. The zero-order valence-electron chi connectivity index (χ0n) is 9.04.